The van der Waals surface area contributed by atoms with Crippen molar-refractivity contribution in [2.75, 3.05) is 0 Å². The third-order valence-corrected chi connectivity index (χ3v) is 5.66. The predicted octanol–water partition coefficient (Wildman–Crippen LogP) is 5.49. The SMILES string of the molecule is O=C(C1=C(O)C(=O)N(Cc2ccc(F)cc2)C1c1ccccc1F)c1cc2ccccc2o1. The van der Waals surface area contributed by atoms with E-state index in [4.69, 9.17) is 4.42 Å². The number of Topliss-reactive ketones (excluding diaryl/α,β-unsaturated/α-hetero) is 1. The molecule has 1 aliphatic heterocycles. The number of carbonyl (C=O) groups is 2. The Kier molecular flexibility index (Phi) is 5.01. The number of furan rings is 1. The highest BCUT2D eigenvalue weighted by Crippen LogP contribution is 2.41. The zero-order valence-corrected chi connectivity index (χ0v) is 17.2. The number of aliphatic hydroxyl groups excluding tert-OH is 1. The van der Waals surface area contributed by atoms with Gasteiger partial charge in [-0.25, -0.2) is 8.78 Å². The maximum Gasteiger partial charge on any atom is 0.290 e. The van der Waals surface area contributed by atoms with E-state index in [0.717, 1.165) is 0 Å². The minimum Gasteiger partial charge on any atom is -0.503 e. The van der Waals surface area contributed by atoms with Gasteiger partial charge in [0.25, 0.3) is 5.91 Å². The Bertz CT molecular complexity index is 1390. The fourth-order valence-electron chi connectivity index (χ4n) is 4.08. The first-order valence-electron chi connectivity index (χ1n) is 10.2. The van der Waals surface area contributed by atoms with Crippen LogP contribution in [0.3, 0.4) is 0 Å². The third kappa shape index (κ3) is 3.57. The Balaban J connectivity index is 1.61. The lowest BCUT2D eigenvalue weighted by molar-refractivity contribution is -0.130. The number of hydrogen-bond acceptors (Lipinski definition) is 4. The van der Waals surface area contributed by atoms with Crippen molar-refractivity contribution >= 4 is 22.7 Å². The molecule has 0 aliphatic carbocycles. The number of ketones is 1. The maximum absolute atomic E-state index is 14.8. The van der Waals surface area contributed by atoms with Crippen LogP contribution in [0.4, 0.5) is 8.78 Å². The summed E-state index contributed by atoms with van der Waals surface area (Å²) in [5, 5.41) is 11.4. The van der Waals surface area contributed by atoms with Crippen LogP contribution in [0.25, 0.3) is 11.0 Å². The summed E-state index contributed by atoms with van der Waals surface area (Å²) in [6, 6.07) is 18.5. The van der Waals surface area contributed by atoms with Crippen molar-refractivity contribution < 1.29 is 27.9 Å². The molecule has 1 aliphatic rings. The lowest BCUT2D eigenvalue weighted by Gasteiger charge is -2.27. The van der Waals surface area contributed by atoms with Gasteiger partial charge < -0.3 is 14.4 Å². The van der Waals surface area contributed by atoms with E-state index in [1.165, 1.54) is 53.4 Å². The zero-order chi connectivity index (χ0) is 23.1. The normalized spacial score (nSPS) is 16.1. The zero-order valence-electron chi connectivity index (χ0n) is 17.2. The van der Waals surface area contributed by atoms with Crippen molar-refractivity contribution in [3.63, 3.8) is 0 Å². The first kappa shape index (κ1) is 20.6. The molecular formula is C26H17F2NO4. The first-order chi connectivity index (χ1) is 15.9. The molecule has 164 valence electrons. The monoisotopic (exact) mass is 445 g/mol. The molecule has 1 aromatic heterocycles. The molecule has 0 spiro atoms. The third-order valence-electron chi connectivity index (χ3n) is 5.66. The van der Waals surface area contributed by atoms with Gasteiger partial charge in [-0.2, -0.15) is 0 Å². The van der Waals surface area contributed by atoms with E-state index in [9.17, 15) is 23.5 Å². The minimum atomic E-state index is -1.19. The molecule has 2 heterocycles. The average Bonchev–Trinajstić information content (AvgIpc) is 3.35. The van der Waals surface area contributed by atoms with Crippen LogP contribution in [0.15, 0.2) is 94.6 Å². The van der Waals surface area contributed by atoms with Crippen molar-refractivity contribution in [2.45, 2.75) is 12.6 Å². The Morgan fingerprint density at radius 2 is 1.67 bits per heavy atom. The van der Waals surface area contributed by atoms with Crippen molar-refractivity contribution in [3.8, 4) is 0 Å². The van der Waals surface area contributed by atoms with Crippen LogP contribution in [-0.2, 0) is 11.3 Å². The van der Waals surface area contributed by atoms with Gasteiger partial charge in [-0.15, -0.1) is 0 Å². The molecule has 0 saturated carbocycles. The predicted molar refractivity (Wildman–Crippen MR) is 116 cm³/mol. The standard InChI is InChI=1S/C26H17F2NO4/c27-17-11-9-15(10-12-17)14-29-23(18-6-2-3-7-19(18)28)22(25(31)26(29)32)24(30)21-13-16-5-1-4-8-20(16)33-21/h1-13,23,31H,14H2. The van der Waals surface area contributed by atoms with Gasteiger partial charge in [-0.1, -0.05) is 48.5 Å². The van der Waals surface area contributed by atoms with Gasteiger partial charge >= 0.3 is 0 Å². The second-order valence-corrected chi connectivity index (χ2v) is 7.72. The Morgan fingerprint density at radius 3 is 2.39 bits per heavy atom. The number of amides is 1. The molecule has 1 N–H and O–H groups in total. The summed E-state index contributed by atoms with van der Waals surface area (Å²) in [7, 11) is 0. The second-order valence-electron chi connectivity index (χ2n) is 7.72. The van der Waals surface area contributed by atoms with E-state index >= 15 is 0 Å². The summed E-state index contributed by atoms with van der Waals surface area (Å²) < 4.78 is 33.8. The Morgan fingerprint density at radius 1 is 0.970 bits per heavy atom. The lowest BCUT2D eigenvalue weighted by Crippen LogP contribution is -2.31. The van der Waals surface area contributed by atoms with Crippen LogP contribution in [0.2, 0.25) is 0 Å². The quantitative estimate of drug-likeness (QED) is 0.413. The smallest absolute Gasteiger partial charge is 0.290 e. The molecule has 7 heteroatoms. The number of aliphatic hydroxyl groups is 1. The molecule has 33 heavy (non-hydrogen) atoms. The average molecular weight is 445 g/mol. The molecule has 0 fully saturated rings. The van der Waals surface area contributed by atoms with Crippen molar-refractivity contribution in [3.05, 3.63) is 119 Å². The molecule has 0 radical (unpaired) electrons. The van der Waals surface area contributed by atoms with Gasteiger partial charge in [0.1, 0.15) is 17.2 Å². The highest BCUT2D eigenvalue weighted by molar-refractivity contribution is 6.16. The summed E-state index contributed by atoms with van der Waals surface area (Å²) in [5.74, 6) is -3.46. The molecular weight excluding hydrogens is 428 g/mol. The summed E-state index contributed by atoms with van der Waals surface area (Å²) in [4.78, 5) is 27.7. The topological polar surface area (TPSA) is 70.8 Å². The van der Waals surface area contributed by atoms with Gasteiger partial charge in [0.2, 0.25) is 5.78 Å². The van der Waals surface area contributed by atoms with Gasteiger partial charge in [-0.3, -0.25) is 9.59 Å². The summed E-state index contributed by atoms with van der Waals surface area (Å²) in [6.07, 6.45) is 0. The second kappa shape index (κ2) is 8.02. The van der Waals surface area contributed by atoms with E-state index < -0.39 is 35.1 Å². The van der Waals surface area contributed by atoms with Gasteiger partial charge in [0, 0.05) is 17.5 Å². The molecule has 1 amide bonds. The number of carbonyl (C=O) groups excluding carboxylic acids is 2. The molecule has 5 rings (SSSR count). The van der Waals surface area contributed by atoms with Crippen molar-refractivity contribution in [2.24, 2.45) is 0 Å². The number of nitrogens with zero attached hydrogens (tertiary/aromatic N) is 1. The molecule has 3 aromatic carbocycles. The van der Waals surface area contributed by atoms with Gasteiger partial charge in [-0.05, 0) is 35.9 Å². The number of hydrogen-bond donors (Lipinski definition) is 1. The fourth-order valence-corrected chi connectivity index (χ4v) is 4.08. The summed E-state index contributed by atoms with van der Waals surface area (Å²) in [5.41, 5.74) is 0.801. The van der Waals surface area contributed by atoms with Gasteiger partial charge in [0.15, 0.2) is 11.5 Å². The van der Waals surface area contributed by atoms with Crippen LogP contribution < -0.4 is 0 Å². The largest absolute Gasteiger partial charge is 0.503 e. The van der Waals surface area contributed by atoms with Crippen molar-refractivity contribution in [1.82, 2.24) is 4.90 Å². The van der Waals surface area contributed by atoms with Gasteiger partial charge in [0.05, 0.1) is 11.6 Å². The Hall–Kier alpha value is -4.26. The molecule has 4 aromatic rings. The molecule has 0 saturated heterocycles. The minimum absolute atomic E-state index is 0.0523. The first-order valence-corrected chi connectivity index (χ1v) is 10.2. The highest BCUT2D eigenvalue weighted by atomic mass is 19.1. The Labute approximate surface area is 187 Å². The summed E-state index contributed by atoms with van der Waals surface area (Å²) in [6.45, 7) is -0.0704. The number of benzene rings is 3. The number of fused-ring (bicyclic) bond motifs is 1. The van der Waals surface area contributed by atoms with E-state index in [2.05, 4.69) is 0 Å². The van der Waals surface area contributed by atoms with Crippen LogP contribution in [0.5, 0.6) is 0 Å². The van der Waals surface area contributed by atoms with Crippen LogP contribution >= 0.6 is 0 Å². The molecule has 1 atom stereocenters. The summed E-state index contributed by atoms with van der Waals surface area (Å²) >= 11 is 0. The molecule has 1 unspecified atom stereocenters. The fraction of sp³-hybridized carbons (Fsp3) is 0.0769. The van der Waals surface area contributed by atoms with Crippen molar-refractivity contribution in [1.29, 1.82) is 0 Å². The number of halogens is 2. The number of para-hydroxylation sites is 1. The van der Waals surface area contributed by atoms with Crippen LogP contribution in [0.1, 0.15) is 27.7 Å². The number of rotatable bonds is 5. The van der Waals surface area contributed by atoms with E-state index in [1.54, 1.807) is 30.3 Å². The van der Waals surface area contributed by atoms with E-state index in [1.807, 2.05) is 0 Å². The van der Waals surface area contributed by atoms with E-state index in [-0.39, 0.29) is 23.4 Å². The maximum atomic E-state index is 14.8. The van der Waals surface area contributed by atoms with Crippen LogP contribution in [0, 0.1) is 11.6 Å². The lowest BCUT2D eigenvalue weighted by atomic mass is 9.94. The van der Waals surface area contributed by atoms with Crippen LogP contribution in [-0.4, -0.2) is 21.7 Å². The van der Waals surface area contributed by atoms with E-state index in [0.29, 0.717) is 16.5 Å². The molecule has 5 nitrogen and oxygen atoms in total. The molecule has 0 bridgehead atoms. The highest BCUT2D eigenvalue weighted by Gasteiger charge is 2.45.